The first kappa shape index (κ1) is 17.9. The molecule has 1 saturated heterocycles. The number of carbonyl (C=O) groups excluding carboxylic acids is 4. The van der Waals surface area contributed by atoms with Crippen molar-refractivity contribution in [3.8, 4) is 5.75 Å². The van der Waals surface area contributed by atoms with E-state index in [0.29, 0.717) is 16.9 Å². The number of imide groups is 2. The Kier molecular flexibility index (Phi) is 4.43. The van der Waals surface area contributed by atoms with E-state index in [9.17, 15) is 19.2 Å². The van der Waals surface area contributed by atoms with Crippen LogP contribution in [0.25, 0.3) is 0 Å². The van der Waals surface area contributed by atoms with Crippen molar-refractivity contribution in [3.63, 3.8) is 0 Å². The number of amides is 4. The van der Waals surface area contributed by atoms with Crippen LogP contribution in [0.2, 0.25) is 0 Å². The maximum Gasteiger partial charge on any atom is 0.262 e. The summed E-state index contributed by atoms with van der Waals surface area (Å²) in [6.07, 6.45) is 0.238. The standard InChI is InChI=1S/C21H18N2O5/c1-28-14-8-6-13(7-9-14)12-22-18(24)11-10-17(21(22)27)23-19(25)15-4-2-3-5-16(15)20(23)26/h2-9,17H,10-12H2,1H3. The van der Waals surface area contributed by atoms with Crippen molar-refractivity contribution in [1.82, 2.24) is 9.80 Å². The van der Waals surface area contributed by atoms with Gasteiger partial charge in [0.1, 0.15) is 11.8 Å². The summed E-state index contributed by atoms with van der Waals surface area (Å²) in [5.74, 6) is -1.14. The molecule has 2 aliphatic rings. The van der Waals surface area contributed by atoms with Gasteiger partial charge in [-0.25, -0.2) is 0 Å². The fraction of sp³-hybridized carbons (Fsp3) is 0.238. The second-order valence-corrected chi connectivity index (χ2v) is 6.75. The minimum atomic E-state index is -0.969. The summed E-state index contributed by atoms with van der Waals surface area (Å²) in [4.78, 5) is 52.9. The number of ether oxygens (including phenoxy) is 1. The van der Waals surface area contributed by atoms with Crippen LogP contribution in [0.1, 0.15) is 39.1 Å². The second-order valence-electron chi connectivity index (χ2n) is 6.75. The third-order valence-corrected chi connectivity index (χ3v) is 5.12. The zero-order valence-corrected chi connectivity index (χ0v) is 15.3. The van der Waals surface area contributed by atoms with E-state index in [-0.39, 0.29) is 25.3 Å². The summed E-state index contributed by atoms with van der Waals surface area (Å²) in [5.41, 5.74) is 1.34. The largest absolute Gasteiger partial charge is 0.497 e. The molecule has 2 heterocycles. The molecule has 28 heavy (non-hydrogen) atoms. The van der Waals surface area contributed by atoms with Crippen LogP contribution >= 0.6 is 0 Å². The highest BCUT2D eigenvalue weighted by molar-refractivity contribution is 6.23. The van der Waals surface area contributed by atoms with Crippen LogP contribution in [0.5, 0.6) is 5.75 Å². The monoisotopic (exact) mass is 378 g/mol. The Morgan fingerprint density at radius 2 is 1.54 bits per heavy atom. The van der Waals surface area contributed by atoms with Gasteiger partial charge in [0.05, 0.1) is 24.8 Å². The molecule has 2 aromatic rings. The van der Waals surface area contributed by atoms with Gasteiger partial charge in [0.15, 0.2) is 0 Å². The van der Waals surface area contributed by atoms with E-state index < -0.39 is 23.8 Å². The summed E-state index contributed by atoms with van der Waals surface area (Å²) >= 11 is 0. The van der Waals surface area contributed by atoms with Gasteiger partial charge in [-0.1, -0.05) is 24.3 Å². The molecule has 0 N–H and O–H groups in total. The Morgan fingerprint density at radius 3 is 2.11 bits per heavy atom. The lowest BCUT2D eigenvalue weighted by Gasteiger charge is -2.34. The van der Waals surface area contributed by atoms with E-state index in [0.717, 1.165) is 15.4 Å². The van der Waals surface area contributed by atoms with Crippen molar-refractivity contribution in [2.75, 3.05) is 7.11 Å². The quantitative estimate of drug-likeness (QED) is 0.760. The van der Waals surface area contributed by atoms with Crippen molar-refractivity contribution in [1.29, 1.82) is 0 Å². The predicted octanol–water partition coefficient (Wildman–Crippen LogP) is 2.01. The average Bonchev–Trinajstić information content (AvgIpc) is 2.97. The van der Waals surface area contributed by atoms with Crippen LogP contribution in [0.3, 0.4) is 0 Å². The molecule has 7 nitrogen and oxygen atoms in total. The smallest absolute Gasteiger partial charge is 0.262 e. The third-order valence-electron chi connectivity index (χ3n) is 5.12. The van der Waals surface area contributed by atoms with Gasteiger partial charge >= 0.3 is 0 Å². The molecule has 0 aromatic heterocycles. The van der Waals surface area contributed by atoms with Crippen LogP contribution in [0.15, 0.2) is 48.5 Å². The van der Waals surface area contributed by atoms with Gasteiger partial charge in [-0.15, -0.1) is 0 Å². The summed E-state index contributed by atoms with van der Waals surface area (Å²) in [7, 11) is 1.55. The van der Waals surface area contributed by atoms with Crippen molar-refractivity contribution >= 4 is 23.6 Å². The predicted molar refractivity (Wildman–Crippen MR) is 98.5 cm³/mol. The van der Waals surface area contributed by atoms with E-state index >= 15 is 0 Å². The van der Waals surface area contributed by atoms with Gasteiger partial charge in [-0.05, 0) is 36.2 Å². The Hall–Kier alpha value is -3.48. The maximum atomic E-state index is 13.0. The Morgan fingerprint density at radius 1 is 0.929 bits per heavy atom. The lowest BCUT2D eigenvalue weighted by Crippen LogP contribution is -2.55. The number of hydrogen-bond donors (Lipinski definition) is 0. The van der Waals surface area contributed by atoms with E-state index in [1.807, 2.05) is 0 Å². The van der Waals surface area contributed by atoms with Crippen molar-refractivity contribution in [2.45, 2.75) is 25.4 Å². The van der Waals surface area contributed by atoms with Crippen LogP contribution in [0, 0.1) is 0 Å². The van der Waals surface area contributed by atoms with Gasteiger partial charge < -0.3 is 4.74 Å². The second kappa shape index (κ2) is 6.92. The third kappa shape index (κ3) is 2.85. The SMILES string of the molecule is COc1ccc(CN2C(=O)CCC(N3C(=O)c4ccccc4C3=O)C2=O)cc1. The van der Waals surface area contributed by atoms with Crippen molar-refractivity contribution < 1.29 is 23.9 Å². The number of piperidine rings is 1. The number of rotatable bonds is 4. The molecule has 1 fully saturated rings. The molecule has 2 aromatic carbocycles. The number of hydrogen-bond acceptors (Lipinski definition) is 5. The molecule has 0 saturated carbocycles. The summed E-state index contributed by atoms with van der Waals surface area (Å²) < 4.78 is 5.11. The number of fused-ring (bicyclic) bond motifs is 1. The number of methoxy groups -OCH3 is 1. The van der Waals surface area contributed by atoms with Crippen molar-refractivity contribution in [3.05, 3.63) is 65.2 Å². The van der Waals surface area contributed by atoms with Gasteiger partial charge in [0.25, 0.3) is 17.7 Å². The first-order chi connectivity index (χ1) is 13.5. The molecule has 0 aliphatic carbocycles. The number of carbonyl (C=O) groups is 4. The Bertz CT molecular complexity index is 948. The van der Waals surface area contributed by atoms with E-state index in [2.05, 4.69) is 0 Å². The number of nitrogens with zero attached hydrogens (tertiary/aromatic N) is 2. The highest BCUT2D eigenvalue weighted by atomic mass is 16.5. The molecule has 0 bridgehead atoms. The Labute approximate surface area is 161 Å². The van der Waals surface area contributed by atoms with Crippen LogP contribution in [-0.2, 0) is 16.1 Å². The molecule has 2 aliphatic heterocycles. The van der Waals surface area contributed by atoms with E-state index in [1.54, 1.807) is 55.6 Å². The molecule has 4 amide bonds. The summed E-state index contributed by atoms with van der Waals surface area (Å²) in [6.45, 7) is 0.0847. The molecule has 7 heteroatoms. The molecule has 4 rings (SSSR count). The summed E-state index contributed by atoms with van der Waals surface area (Å²) in [6, 6.07) is 12.6. The van der Waals surface area contributed by atoms with Crippen molar-refractivity contribution in [2.24, 2.45) is 0 Å². The fourth-order valence-corrected chi connectivity index (χ4v) is 3.63. The van der Waals surface area contributed by atoms with Crippen LogP contribution < -0.4 is 4.74 Å². The zero-order chi connectivity index (χ0) is 19.8. The van der Waals surface area contributed by atoms with Gasteiger partial charge in [0.2, 0.25) is 5.91 Å². The van der Waals surface area contributed by atoms with Gasteiger partial charge in [-0.2, -0.15) is 0 Å². The molecule has 0 spiro atoms. The average molecular weight is 378 g/mol. The van der Waals surface area contributed by atoms with E-state index in [4.69, 9.17) is 4.74 Å². The Balaban J connectivity index is 1.58. The zero-order valence-electron chi connectivity index (χ0n) is 15.3. The highest BCUT2D eigenvalue weighted by Gasteiger charge is 2.46. The minimum absolute atomic E-state index is 0.0847. The summed E-state index contributed by atoms with van der Waals surface area (Å²) in [5, 5.41) is 0. The molecule has 1 atom stereocenters. The maximum absolute atomic E-state index is 13.0. The van der Waals surface area contributed by atoms with Gasteiger partial charge in [0, 0.05) is 6.42 Å². The first-order valence-corrected chi connectivity index (χ1v) is 8.95. The lowest BCUT2D eigenvalue weighted by molar-refractivity contribution is -0.152. The van der Waals surface area contributed by atoms with Gasteiger partial charge in [-0.3, -0.25) is 29.0 Å². The topological polar surface area (TPSA) is 84.0 Å². The normalized spacial score (nSPS) is 19.2. The lowest BCUT2D eigenvalue weighted by atomic mass is 10.0. The molecule has 142 valence electrons. The molecular weight excluding hydrogens is 360 g/mol. The first-order valence-electron chi connectivity index (χ1n) is 8.95. The van der Waals surface area contributed by atoms with E-state index in [1.165, 1.54) is 0 Å². The minimum Gasteiger partial charge on any atom is -0.497 e. The highest BCUT2D eigenvalue weighted by Crippen LogP contribution is 2.29. The molecular formula is C21H18N2O5. The van der Waals surface area contributed by atoms with Crippen LogP contribution in [0.4, 0.5) is 0 Å². The fourth-order valence-electron chi connectivity index (χ4n) is 3.63. The molecule has 0 radical (unpaired) electrons. The number of benzene rings is 2. The molecule has 1 unspecified atom stereocenters. The number of likely N-dealkylation sites (tertiary alicyclic amines) is 1. The van der Waals surface area contributed by atoms with Crippen LogP contribution in [-0.4, -0.2) is 46.6 Å².